The van der Waals surface area contributed by atoms with Crippen molar-refractivity contribution in [3.63, 3.8) is 0 Å². The van der Waals surface area contributed by atoms with Crippen LogP contribution in [0, 0.1) is 0 Å². The molecule has 0 aromatic heterocycles. The molecule has 0 saturated carbocycles. The third kappa shape index (κ3) is 7.80. The molecular weight excluding hydrogens is 348 g/mol. The van der Waals surface area contributed by atoms with Gasteiger partial charge in [-0.05, 0) is 26.3 Å². The summed E-state index contributed by atoms with van der Waals surface area (Å²) in [5.74, 6) is -0.418. The molecule has 27 heavy (non-hydrogen) atoms. The highest BCUT2D eigenvalue weighted by molar-refractivity contribution is 5.85. The fraction of sp³-hybridized carbons (Fsp3) is 0.500. The van der Waals surface area contributed by atoms with Gasteiger partial charge in [0.2, 0.25) is 0 Å². The number of rotatable bonds is 9. The molecule has 1 atom stereocenters. The van der Waals surface area contributed by atoms with E-state index in [-0.39, 0.29) is 13.2 Å². The minimum Gasteiger partial charge on any atom is -0.444 e. The third-order valence-electron chi connectivity index (χ3n) is 3.59. The van der Waals surface area contributed by atoms with Gasteiger partial charge in [0.25, 0.3) is 5.91 Å². The molecule has 0 radical (unpaired) electrons. The average molecular weight is 378 g/mol. The lowest BCUT2D eigenvalue weighted by Crippen LogP contribution is -2.53. The number of amides is 2. The molecule has 0 aliphatic heterocycles. The van der Waals surface area contributed by atoms with Gasteiger partial charge in [0.15, 0.2) is 0 Å². The smallest absolute Gasteiger partial charge is 0.411 e. The molecule has 0 N–H and O–H groups in total. The number of carbonyl (C=O) groups is 2. The van der Waals surface area contributed by atoms with Crippen molar-refractivity contribution in [2.45, 2.75) is 39.0 Å². The van der Waals surface area contributed by atoms with Crippen LogP contribution in [-0.2, 0) is 25.7 Å². The predicted molar refractivity (Wildman–Crippen MR) is 103 cm³/mol. The lowest BCUT2D eigenvalue weighted by molar-refractivity contribution is -0.176. The Morgan fingerprint density at radius 3 is 2.37 bits per heavy atom. The molecule has 0 spiro atoms. The maximum Gasteiger partial charge on any atom is 0.411 e. The summed E-state index contributed by atoms with van der Waals surface area (Å²) in [6.07, 6.45) is 0.919. The van der Waals surface area contributed by atoms with Gasteiger partial charge in [-0.2, -0.15) is 0 Å². The Labute approximate surface area is 161 Å². The molecule has 0 bridgehead atoms. The Bertz CT molecular complexity index is 613. The van der Waals surface area contributed by atoms with E-state index in [2.05, 4.69) is 6.58 Å². The summed E-state index contributed by atoms with van der Waals surface area (Å²) in [6, 6.07) is 8.67. The van der Waals surface area contributed by atoms with Gasteiger partial charge in [-0.15, -0.1) is 6.58 Å². The van der Waals surface area contributed by atoms with Crippen LogP contribution >= 0.6 is 0 Å². The van der Waals surface area contributed by atoms with Gasteiger partial charge < -0.3 is 9.47 Å². The van der Waals surface area contributed by atoms with E-state index in [1.165, 1.54) is 25.1 Å². The fourth-order valence-electron chi connectivity index (χ4n) is 2.25. The molecule has 1 aromatic carbocycles. The highest BCUT2D eigenvalue weighted by atomic mass is 16.7. The minimum atomic E-state index is -0.911. The molecule has 2 amide bonds. The van der Waals surface area contributed by atoms with Crippen LogP contribution in [0.3, 0.4) is 0 Å². The maximum absolute atomic E-state index is 12.7. The van der Waals surface area contributed by atoms with Gasteiger partial charge in [-0.1, -0.05) is 36.4 Å². The normalized spacial score (nSPS) is 12.2. The van der Waals surface area contributed by atoms with Crippen LogP contribution in [0.1, 0.15) is 26.3 Å². The van der Waals surface area contributed by atoms with E-state index in [1.54, 1.807) is 20.8 Å². The van der Waals surface area contributed by atoms with Crippen LogP contribution in [0.2, 0.25) is 0 Å². The van der Waals surface area contributed by atoms with E-state index < -0.39 is 23.6 Å². The van der Waals surface area contributed by atoms with Gasteiger partial charge in [0, 0.05) is 13.6 Å². The van der Waals surface area contributed by atoms with Gasteiger partial charge in [0.05, 0.1) is 20.3 Å². The highest BCUT2D eigenvalue weighted by Gasteiger charge is 2.34. The van der Waals surface area contributed by atoms with Crippen molar-refractivity contribution in [1.29, 1.82) is 0 Å². The molecule has 1 rings (SSSR count). The SMILES string of the molecule is C=CCN(C(=O)OC(C)(C)C)[C@H](COCc1ccccc1)C(=O)N(C)OC. The Morgan fingerprint density at radius 2 is 1.85 bits per heavy atom. The first kappa shape index (κ1) is 22.7. The first-order chi connectivity index (χ1) is 12.7. The Balaban J connectivity index is 2.95. The number of hydroxylamine groups is 2. The first-order valence-electron chi connectivity index (χ1n) is 8.73. The predicted octanol–water partition coefficient (Wildman–Crippen LogP) is 3.01. The van der Waals surface area contributed by atoms with Gasteiger partial charge in [0.1, 0.15) is 11.6 Å². The van der Waals surface area contributed by atoms with Gasteiger partial charge >= 0.3 is 6.09 Å². The number of hydrogen-bond donors (Lipinski definition) is 0. The monoisotopic (exact) mass is 378 g/mol. The highest BCUT2D eigenvalue weighted by Crippen LogP contribution is 2.14. The van der Waals surface area contributed by atoms with Crippen LogP contribution in [0.25, 0.3) is 0 Å². The van der Waals surface area contributed by atoms with E-state index in [4.69, 9.17) is 14.3 Å². The van der Waals surface area contributed by atoms with Crippen LogP contribution in [-0.4, -0.2) is 60.9 Å². The minimum absolute atomic E-state index is 0.00545. The van der Waals surface area contributed by atoms with Crippen LogP contribution in [0.4, 0.5) is 4.79 Å². The summed E-state index contributed by atoms with van der Waals surface area (Å²) in [6.45, 7) is 9.41. The molecule has 0 heterocycles. The summed E-state index contributed by atoms with van der Waals surface area (Å²) >= 11 is 0. The van der Waals surface area contributed by atoms with Crippen LogP contribution in [0.5, 0.6) is 0 Å². The molecule has 7 heteroatoms. The molecule has 150 valence electrons. The molecule has 0 saturated heterocycles. The summed E-state index contributed by atoms with van der Waals surface area (Å²) < 4.78 is 11.2. The van der Waals surface area contributed by atoms with Crippen LogP contribution < -0.4 is 0 Å². The van der Waals surface area contributed by atoms with Crippen molar-refractivity contribution in [2.75, 3.05) is 27.3 Å². The lowest BCUT2D eigenvalue weighted by atomic mass is 10.2. The van der Waals surface area contributed by atoms with E-state index >= 15 is 0 Å². The average Bonchev–Trinajstić information content (AvgIpc) is 2.62. The number of likely N-dealkylation sites (N-methyl/N-ethyl adjacent to an activating group) is 1. The zero-order valence-corrected chi connectivity index (χ0v) is 16.8. The third-order valence-corrected chi connectivity index (χ3v) is 3.59. The molecule has 0 aliphatic carbocycles. The number of benzene rings is 1. The van der Waals surface area contributed by atoms with E-state index in [0.717, 1.165) is 10.6 Å². The van der Waals surface area contributed by atoms with Crippen molar-refractivity contribution in [1.82, 2.24) is 9.96 Å². The van der Waals surface area contributed by atoms with Crippen LogP contribution in [0.15, 0.2) is 43.0 Å². The number of nitrogens with zero attached hydrogens (tertiary/aromatic N) is 2. The van der Waals surface area contributed by atoms with E-state index in [0.29, 0.717) is 6.61 Å². The fourth-order valence-corrected chi connectivity index (χ4v) is 2.25. The molecule has 0 unspecified atom stereocenters. The van der Waals surface area contributed by atoms with Crippen molar-refractivity contribution in [2.24, 2.45) is 0 Å². The van der Waals surface area contributed by atoms with Gasteiger partial charge in [-0.3, -0.25) is 14.5 Å². The van der Waals surface area contributed by atoms with Crippen molar-refractivity contribution in [3.05, 3.63) is 48.6 Å². The molecule has 0 fully saturated rings. The molecule has 0 aliphatic rings. The Hall–Kier alpha value is -2.38. The quantitative estimate of drug-likeness (QED) is 0.488. The maximum atomic E-state index is 12.7. The van der Waals surface area contributed by atoms with E-state index in [9.17, 15) is 9.59 Å². The molecular formula is C20H30N2O5. The van der Waals surface area contributed by atoms with Crippen molar-refractivity contribution >= 4 is 12.0 Å². The van der Waals surface area contributed by atoms with Gasteiger partial charge in [-0.25, -0.2) is 9.86 Å². The summed E-state index contributed by atoms with van der Waals surface area (Å²) in [5.41, 5.74) is 0.277. The topological polar surface area (TPSA) is 68.3 Å². The molecule has 1 aromatic rings. The second-order valence-electron chi connectivity index (χ2n) is 6.96. The largest absolute Gasteiger partial charge is 0.444 e. The zero-order valence-electron chi connectivity index (χ0n) is 16.8. The second-order valence-corrected chi connectivity index (χ2v) is 6.96. The Morgan fingerprint density at radius 1 is 1.22 bits per heavy atom. The number of hydrogen-bond acceptors (Lipinski definition) is 5. The van der Waals surface area contributed by atoms with E-state index in [1.807, 2.05) is 30.3 Å². The first-order valence-corrected chi connectivity index (χ1v) is 8.73. The summed E-state index contributed by atoms with van der Waals surface area (Å²) in [5, 5.41) is 1.07. The lowest BCUT2D eigenvalue weighted by Gasteiger charge is -2.33. The molecule has 7 nitrogen and oxygen atoms in total. The van der Waals surface area contributed by atoms with Crippen molar-refractivity contribution < 1.29 is 23.9 Å². The summed E-state index contributed by atoms with van der Waals surface area (Å²) in [4.78, 5) is 31.7. The zero-order chi connectivity index (χ0) is 20.4. The second kappa shape index (κ2) is 10.7. The standard InChI is InChI=1S/C20H30N2O5/c1-7-13-22(19(24)27-20(2,3)4)17(18(23)21(5)25-6)15-26-14-16-11-9-8-10-12-16/h7-12,17H,1,13-15H2,2-6H3/t17-/m1/s1. The Kier molecular flexibility index (Phi) is 8.97. The summed E-state index contributed by atoms with van der Waals surface area (Å²) in [7, 11) is 2.86. The van der Waals surface area contributed by atoms with Crippen molar-refractivity contribution in [3.8, 4) is 0 Å². The number of ether oxygens (including phenoxy) is 2. The number of carbonyl (C=O) groups excluding carboxylic acids is 2.